The number of hydrogen-bond acceptors (Lipinski definition) is 9. The second-order valence-electron chi connectivity index (χ2n) is 3.98. The third-order valence-electron chi connectivity index (χ3n) is 2.63. The number of nitro groups is 1. The lowest BCUT2D eigenvalue weighted by Crippen LogP contribution is -1.92. The number of nitrogens with zero attached hydrogens (tertiary/aromatic N) is 6. The van der Waals surface area contributed by atoms with E-state index in [1.165, 1.54) is 29.7 Å². The van der Waals surface area contributed by atoms with Crippen molar-refractivity contribution < 1.29 is 4.92 Å². The van der Waals surface area contributed by atoms with Crippen LogP contribution in [0.5, 0.6) is 0 Å². The van der Waals surface area contributed by atoms with Crippen LogP contribution in [-0.2, 0) is 0 Å². The largest absolute Gasteiger partial charge is 0.337 e. The van der Waals surface area contributed by atoms with Gasteiger partial charge in [-0.3, -0.25) is 10.1 Å². The Bertz CT molecular complexity index is 908. The highest BCUT2D eigenvalue weighted by Crippen LogP contribution is 2.29. The lowest BCUT2D eigenvalue weighted by Gasteiger charge is -1.93. The summed E-state index contributed by atoms with van der Waals surface area (Å²) in [6, 6.07) is 6.35. The quantitative estimate of drug-likeness (QED) is 0.420. The first-order valence-corrected chi connectivity index (χ1v) is 6.64. The van der Waals surface area contributed by atoms with Crippen molar-refractivity contribution in [2.24, 2.45) is 0 Å². The molecule has 0 saturated heterocycles. The van der Waals surface area contributed by atoms with Crippen molar-refractivity contribution in [1.29, 1.82) is 5.26 Å². The number of thiazole rings is 1. The smallest absolute Gasteiger partial charge is 0.270 e. The van der Waals surface area contributed by atoms with Crippen LogP contribution in [0.25, 0.3) is 15.8 Å². The van der Waals surface area contributed by atoms with Gasteiger partial charge in [0.05, 0.1) is 15.1 Å². The van der Waals surface area contributed by atoms with Crippen molar-refractivity contribution in [3.63, 3.8) is 0 Å². The molecule has 2 heterocycles. The topological polar surface area (TPSA) is 146 Å². The van der Waals surface area contributed by atoms with Gasteiger partial charge in [-0.25, -0.2) is 4.98 Å². The van der Waals surface area contributed by atoms with Gasteiger partial charge in [0.25, 0.3) is 5.69 Å². The zero-order valence-electron chi connectivity index (χ0n) is 10.7. The van der Waals surface area contributed by atoms with E-state index in [9.17, 15) is 10.1 Å². The Morgan fingerprint density at radius 1 is 1.55 bits per heavy atom. The number of aromatic nitrogens is 5. The van der Waals surface area contributed by atoms with Crippen LogP contribution in [0.4, 0.5) is 10.8 Å². The van der Waals surface area contributed by atoms with Crippen LogP contribution in [0.2, 0.25) is 0 Å². The van der Waals surface area contributed by atoms with Crippen LogP contribution in [0.15, 0.2) is 24.4 Å². The number of nitro benzene ring substituents is 1. The Morgan fingerprint density at radius 2 is 2.41 bits per heavy atom. The first kappa shape index (κ1) is 13.6. The van der Waals surface area contributed by atoms with E-state index < -0.39 is 4.92 Å². The van der Waals surface area contributed by atoms with Gasteiger partial charge in [-0.2, -0.15) is 10.5 Å². The summed E-state index contributed by atoms with van der Waals surface area (Å²) in [4.78, 5) is 14.5. The number of non-ortho nitro benzene ring substituents is 1. The molecule has 10 nitrogen and oxygen atoms in total. The number of aromatic amines is 1. The average Bonchev–Trinajstić information content (AvgIpc) is 3.16. The number of rotatable bonds is 4. The molecule has 11 heteroatoms. The number of nitriles is 1. The van der Waals surface area contributed by atoms with E-state index in [-0.39, 0.29) is 17.1 Å². The number of benzene rings is 1. The van der Waals surface area contributed by atoms with Gasteiger partial charge in [-0.15, -0.1) is 10.2 Å². The first-order chi connectivity index (χ1) is 10.7. The fraction of sp³-hybridized carbons (Fsp3) is 0. The van der Waals surface area contributed by atoms with Crippen molar-refractivity contribution in [3.8, 4) is 6.07 Å². The van der Waals surface area contributed by atoms with E-state index in [2.05, 4.69) is 30.9 Å². The number of tetrazole rings is 1. The van der Waals surface area contributed by atoms with Gasteiger partial charge in [-0.05, 0) is 11.3 Å². The number of anilines is 1. The highest BCUT2D eigenvalue weighted by molar-refractivity contribution is 7.22. The predicted molar refractivity (Wildman–Crippen MR) is 77.7 cm³/mol. The van der Waals surface area contributed by atoms with E-state index in [1.54, 1.807) is 6.07 Å². The minimum atomic E-state index is -0.462. The van der Waals surface area contributed by atoms with Crippen LogP contribution in [0, 0.1) is 21.4 Å². The fourth-order valence-corrected chi connectivity index (χ4v) is 2.51. The second-order valence-corrected chi connectivity index (χ2v) is 5.01. The van der Waals surface area contributed by atoms with Crippen LogP contribution in [0.1, 0.15) is 5.82 Å². The molecule has 3 rings (SSSR count). The summed E-state index contributed by atoms with van der Waals surface area (Å²) in [6.07, 6.45) is 1.40. The summed E-state index contributed by atoms with van der Waals surface area (Å²) in [5.74, 6) is 0.159. The molecule has 0 atom stereocenters. The standard InChI is InChI=1S/C11H6N8O2S/c12-4-6(10-15-17-18-16-10)5-13-11-14-8-2-1-7(19(20)21)3-9(8)22-11/h1-3,5H,(H,13,14)(H,15,16,17,18)/b6-5+. The monoisotopic (exact) mass is 314 g/mol. The third kappa shape index (κ3) is 2.58. The molecule has 0 radical (unpaired) electrons. The van der Waals surface area contributed by atoms with E-state index in [0.29, 0.717) is 15.3 Å². The van der Waals surface area contributed by atoms with E-state index >= 15 is 0 Å². The molecule has 2 aromatic heterocycles. The first-order valence-electron chi connectivity index (χ1n) is 5.83. The number of H-pyrrole nitrogens is 1. The summed E-state index contributed by atoms with van der Waals surface area (Å²) in [7, 11) is 0. The maximum absolute atomic E-state index is 10.7. The maximum atomic E-state index is 10.7. The van der Waals surface area contributed by atoms with Gasteiger partial charge in [-0.1, -0.05) is 11.3 Å². The van der Waals surface area contributed by atoms with Crippen molar-refractivity contribution in [1.82, 2.24) is 25.6 Å². The molecule has 0 fully saturated rings. The average molecular weight is 314 g/mol. The number of fused-ring (bicyclic) bond motifs is 1. The number of hydrogen-bond donors (Lipinski definition) is 2. The van der Waals surface area contributed by atoms with Gasteiger partial charge in [0.2, 0.25) is 5.82 Å². The van der Waals surface area contributed by atoms with E-state index in [0.717, 1.165) is 0 Å². The highest BCUT2D eigenvalue weighted by Gasteiger charge is 2.10. The summed E-state index contributed by atoms with van der Waals surface area (Å²) in [5, 5.41) is 36.2. The highest BCUT2D eigenvalue weighted by atomic mass is 32.1. The summed E-state index contributed by atoms with van der Waals surface area (Å²) in [6.45, 7) is 0. The molecule has 3 aromatic rings. The van der Waals surface area contributed by atoms with Gasteiger partial charge >= 0.3 is 0 Å². The van der Waals surface area contributed by atoms with Crippen LogP contribution in [-0.4, -0.2) is 30.5 Å². The van der Waals surface area contributed by atoms with Crippen molar-refractivity contribution in [2.75, 3.05) is 5.32 Å². The molecule has 0 aliphatic carbocycles. The predicted octanol–water partition coefficient (Wildman–Crippen LogP) is 1.69. The third-order valence-corrected chi connectivity index (χ3v) is 3.58. The fourth-order valence-electron chi connectivity index (χ4n) is 1.65. The summed E-state index contributed by atoms with van der Waals surface area (Å²) in [5.41, 5.74) is 0.811. The molecule has 0 aliphatic rings. The Hall–Kier alpha value is -3.39. The zero-order chi connectivity index (χ0) is 15.5. The Morgan fingerprint density at radius 3 is 3.09 bits per heavy atom. The summed E-state index contributed by atoms with van der Waals surface area (Å²) >= 11 is 1.23. The molecule has 22 heavy (non-hydrogen) atoms. The minimum absolute atomic E-state index is 0.00255. The Labute approximate surface area is 126 Å². The van der Waals surface area contributed by atoms with Crippen LogP contribution < -0.4 is 5.32 Å². The Kier molecular flexibility index (Phi) is 3.42. The SMILES string of the molecule is N#C/C(=C\Nc1nc2ccc([N+](=O)[O-])cc2s1)c1nn[nH]n1. The second kappa shape index (κ2) is 5.54. The molecule has 0 spiro atoms. The molecule has 0 saturated carbocycles. The molecular formula is C11H6N8O2S. The van der Waals surface area contributed by atoms with Gasteiger partial charge in [0.15, 0.2) is 5.13 Å². The molecule has 2 N–H and O–H groups in total. The van der Waals surface area contributed by atoms with Crippen LogP contribution >= 0.6 is 11.3 Å². The van der Waals surface area contributed by atoms with E-state index in [4.69, 9.17) is 5.26 Å². The summed E-state index contributed by atoms with van der Waals surface area (Å²) < 4.78 is 0.670. The van der Waals surface area contributed by atoms with Gasteiger partial charge in [0.1, 0.15) is 11.6 Å². The zero-order valence-corrected chi connectivity index (χ0v) is 11.5. The molecule has 0 amide bonds. The van der Waals surface area contributed by atoms with Crippen LogP contribution in [0.3, 0.4) is 0 Å². The maximum Gasteiger partial charge on any atom is 0.270 e. The molecule has 1 aromatic carbocycles. The number of allylic oxidation sites excluding steroid dienone is 1. The lowest BCUT2D eigenvalue weighted by molar-refractivity contribution is -0.384. The number of nitrogens with one attached hydrogen (secondary N) is 2. The van der Waals surface area contributed by atoms with Crippen molar-refractivity contribution in [2.45, 2.75) is 0 Å². The van der Waals surface area contributed by atoms with Crippen molar-refractivity contribution in [3.05, 3.63) is 40.3 Å². The van der Waals surface area contributed by atoms with E-state index in [1.807, 2.05) is 6.07 Å². The molecule has 0 aliphatic heterocycles. The van der Waals surface area contributed by atoms with Crippen molar-refractivity contribution >= 4 is 37.9 Å². The Balaban J connectivity index is 1.88. The normalized spacial score (nSPS) is 11.3. The molecule has 0 unspecified atom stereocenters. The minimum Gasteiger partial charge on any atom is -0.337 e. The van der Waals surface area contributed by atoms with Gasteiger partial charge in [0, 0.05) is 18.3 Å². The lowest BCUT2D eigenvalue weighted by atomic mass is 10.3. The molecular weight excluding hydrogens is 308 g/mol. The van der Waals surface area contributed by atoms with Gasteiger partial charge < -0.3 is 5.32 Å². The molecule has 108 valence electrons. The molecule has 0 bridgehead atoms.